The fourth-order valence-electron chi connectivity index (χ4n) is 1.09. The third-order valence-corrected chi connectivity index (χ3v) is 3.68. The van der Waals surface area contributed by atoms with Crippen molar-refractivity contribution in [1.29, 1.82) is 0 Å². The van der Waals surface area contributed by atoms with E-state index in [0.717, 1.165) is 0 Å². The molecule has 4 nitrogen and oxygen atoms in total. The fraction of sp³-hybridized carbons (Fsp3) is 0.111. The molecule has 1 N–H and O–H groups in total. The van der Waals surface area contributed by atoms with Gasteiger partial charge < -0.3 is 4.74 Å². The van der Waals surface area contributed by atoms with Gasteiger partial charge in [0.15, 0.2) is 5.13 Å². The zero-order valence-corrected chi connectivity index (χ0v) is 10.6. The molecule has 2 rings (SSSR count). The standard InChI is InChI=1S/C9H7ClN2O2S2/c1-14-5-2-3-15-7(5)8(13)12-9-11-4-6(10)16-9/h2-4H,1H3,(H,11,12,13). The number of carbonyl (C=O) groups excluding carboxylic acids is 1. The minimum atomic E-state index is -0.238. The van der Waals surface area contributed by atoms with Gasteiger partial charge in [0.1, 0.15) is 15.0 Å². The Morgan fingerprint density at radius 1 is 1.62 bits per heavy atom. The van der Waals surface area contributed by atoms with Gasteiger partial charge in [0.25, 0.3) is 5.91 Å². The zero-order valence-electron chi connectivity index (χ0n) is 8.19. The molecule has 0 unspecified atom stereocenters. The quantitative estimate of drug-likeness (QED) is 0.936. The number of carbonyl (C=O) groups is 1. The Morgan fingerprint density at radius 2 is 2.44 bits per heavy atom. The maximum absolute atomic E-state index is 11.8. The second-order valence-electron chi connectivity index (χ2n) is 2.74. The minimum Gasteiger partial charge on any atom is -0.495 e. The molecule has 0 bridgehead atoms. The minimum absolute atomic E-state index is 0.238. The molecule has 2 aromatic heterocycles. The van der Waals surface area contributed by atoms with Crippen molar-refractivity contribution in [3.8, 4) is 5.75 Å². The SMILES string of the molecule is COc1ccsc1C(=O)Nc1ncc(Cl)s1. The van der Waals surface area contributed by atoms with Gasteiger partial charge >= 0.3 is 0 Å². The van der Waals surface area contributed by atoms with E-state index in [1.807, 2.05) is 0 Å². The molecule has 2 heterocycles. The van der Waals surface area contributed by atoms with Crippen molar-refractivity contribution in [1.82, 2.24) is 4.98 Å². The first-order chi connectivity index (χ1) is 7.70. The summed E-state index contributed by atoms with van der Waals surface area (Å²) in [5, 5.41) is 4.93. The van der Waals surface area contributed by atoms with E-state index in [-0.39, 0.29) is 5.91 Å². The van der Waals surface area contributed by atoms with Crippen molar-refractivity contribution in [3.05, 3.63) is 26.9 Å². The lowest BCUT2D eigenvalue weighted by Crippen LogP contribution is -2.10. The Morgan fingerprint density at radius 3 is 3.06 bits per heavy atom. The number of thiazole rings is 1. The summed E-state index contributed by atoms with van der Waals surface area (Å²) in [7, 11) is 1.53. The summed E-state index contributed by atoms with van der Waals surface area (Å²) in [5.74, 6) is 0.322. The molecule has 0 aliphatic carbocycles. The second-order valence-corrected chi connectivity index (χ2v) is 5.32. The summed E-state index contributed by atoms with van der Waals surface area (Å²) in [6, 6.07) is 1.74. The summed E-state index contributed by atoms with van der Waals surface area (Å²) < 4.78 is 5.59. The highest BCUT2D eigenvalue weighted by atomic mass is 35.5. The third kappa shape index (κ3) is 2.34. The lowest BCUT2D eigenvalue weighted by atomic mass is 10.4. The van der Waals surface area contributed by atoms with Crippen molar-refractivity contribution in [2.45, 2.75) is 0 Å². The van der Waals surface area contributed by atoms with Crippen molar-refractivity contribution >= 4 is 45.3 Å². The smallest absolute Gasteiger partial charge is 0.271 e. The van der Waals surface area contributed by atoms with Gasteiger partial charge in [-0.2, -0.15) is 0 Å². The molecule has 0 aliphatic rings. The van der Waals surface area contributed by atoms with E-state index in [1.54, 1.807) is 11.4 Å². The average Bonchev–Trinajstić information content (AvgIpc) is 2.86. The number of nitrogens with zero attached hydrogens (tertiary/aromatic N) is 1. The highest BCUT2D eigenvalue weighted by Gasteiger charge is 2.15. The summed E-state index contributed by atoms with van der Waals surface area (Å²) in [4.78, 5) is 16.3. The van der Waals surface area contributed by atoms with Crippen LogP contribution in [0.3, 0.4) is 0 Å². The number of hydrogen-bond acceptors (Lipinski definition) is 5. The van der Waals surface area contributed by atoms with Crippen LogP contribution in [0.4, 0.5) is 5.13 Å². The number of methoxy groups -OCH3 is 1. The van der Waals surface area contributed by atoms with Crippen molar-refractivity contribution in [3.63, 3.8) is 0 Å². The summed E-state index contributed by atoms with van der Waals surface area (Å²) >= 11 is 8.24. The van der Waals surface area contributed by atoms with E-state index in [4.69, 9.17) is 16.3 Å². The van der Waals surface area contributed by atoms with Crippen LogP contribution >= 0.6 is 34.3 Å². The molecule has 0 fully saturated rings. The van der Waals surface area contributed by atoms with E-state index in [9.17, 15) is 4.79 Å². The van der Waals surface area contributed by atoms with E-state index >= 15 is 0 Å². The average molecular weight is 275 g/mol. The largest absolute Gasteiger partial charge is 0.495 e. The van der Waals surface area contributed by atoms with Crippen LogP contribution in [0.2, 0.25) is 4.34 Å². The van der Waals surface area contributed by atoms with Crippen LogP contribution in [0.5, 0.6) is 5.75 Å². The Hall–Kier alpha value is -1.11. The van der Waals surface area contributed by atoms with Gasteiger partial charge in [-0.05, 0) is 11.4 Å². The Kier molecular flexibility index (Phi) is 3.42. The van der Waals surface area contributed by atoms with Crippen LogP contribution in [0.25, 0.3) is 0 Å². The topological polar surface area (TPSA) is 51.2 Å². The number of thiophene rings is 1. The number of amides is 1. The van der Waals surface area contributed by atoms with Gasteiger partial charge in [-0.3, -0.25) is 10.1 Å². The summed E-state index contributed by atoms with van der Waals surface area (Å²) in [5.41, 5.74) is 0. The number of anilines is 1. The van der Waals surface area contributed by atoms with Crippen LogP contribution in [-0.4, -0.2) is 18.0 Å². The molecule has 2 aromatic rings. The first-order valence-corrected chi connectivity index (χ1v) is 6.32. The molecule has 0 aromatic carbocycles. The Bertz CT molecular complexity index is 509. The fourth-order valence-corrected chi connectivity index (χ4v) is 2.65. The van der Waals surface area contributed by atoms with Crippen LogP contribution < -0.4 is 10.1 Å². The monoisotopic (exact) mass is 274 g/mol. The first-order valence-electron chi connectivity index (χ1n) is 4.25. The lowest BCUT2D eigenvalue weighted by molar-refractivity contribution is 0.102. The third-order valence-electron chi connectivity index (χ3n) is 1.75. The van der Waals surface area contributed by atoms with Crippen LogP contribution in [-0.2, 0) is 0 Å². The normalized spacial score (nSPS) is 10.1. The molecule has 0 aliphatic heterocycles. The van der Waals surface area contributed by atoms with Gasteiger partial charge in [-0.15, -0.1) is 11.3 Å². The van der Waals surface area contributed by atoms with E-state index in [2.05, 4.69) is 10.3 Å². The van der Waals surface area contributed by atoms with Crippen molar-refractivity contribution in [2.24, 2.45) is 0 Å². The number of rotatable bonds is 3. The predicted molar refractivity (Wildman–Crippen MR) is 65.9 cm³/mol. The number of ether oxygens (including phenoxy) is 1. The molecule has 16 heavy (non-hydrogen) atoms. The molecule has 0 spiro atoms. The molecular weight excluding hydrogens is 268 g/mol. The molecular formula is C9H7ClN2O2S2. The van der Waals surface area contributed by atoms with Gasteiger partial charge in [-0.25, -0.2) is 4.98 Å². The summed E-state index contributed by atoms with van der Waals surface area (Å²) in [6.07, 6.45) is 1.49. The Labute approximate surface area is 105 Å². The summed E-state index contributed by atoms with van der Waals surface area (Å²) in [6.45, 7) is 0. The highest BCUT2D eigenvalue weighted by Crippen LogP contribution is 2.27. The lowest BCUT2D eigenvalue weighted by Gasteiger charge is -2.01. The molecule has 0 saturated carbocycles. The van der Waals surface area contributed by atoms with E-state index in [0.29, 0.717) is 20.1 Å². The predicted octanol–water partition coefficient (Wildman–Crippen LogP) is 3.12. The molecule has 0 saturated heterocycles. The highest BCUT2D eigenvalue weighted by molar-refractivity contribution is 7.19. The number of hydrogen-bond donors (Lipinski definition) is 1. The van der Waals surface area contributed by atoms with Gasteiger partial charge in [-0.1, -0.05) is 22.9 Å². The molecule has 84 valence electrons. The van der Waals surface area contributed by atoms with Gasteiger partial charge in [0, 0.05) is 0 Å². The maximum Gasteiger partial charge on any atom is 0.271 e. The number of halogens is 1. The van der Waals surface area contributed by atoms with E-state index in [1.165, 1.54) is 36.0 Å². The first kappa shape index (κ1) is 11.4. The van der Waals surface area contributed by atoms with Crippen LogP contribution in [0.15, 0.2) is 17.6 Å². The van der Waals surface area contributed by atoms with E-state index < -0.39 is 0 Å². The molecule has 0 radical (unpaired) electrons. The van der Waals surface area contributed by atoms with Crippen molar-refractivity contribution in [2.75, 3.05) is 12.4 Å². The molecule has 7 heteroatoms. The maximum atomic E-state index is 11.8. The molecule has 1 amide bonds. The van der Waals surface area contributed by atoms with Crippen molar-refractivity contribution < 1.29 is 9.53 Å². The van der Waals surface area contributed by atoms with Gasteiger partial charge in [0.2, 0.25) is 0 Å². The second kappa shape index (κ2) is 4.82. The zero-order chi connectivity index (χ0) is 11.5. The van der Waals surface area contributed by atoms with Gasteiger partial charge in [0.05, 0.1) is 13.3 Å². The number of aromatic nitrogens is 1. The van der Waals surface area contributed by atoms with Crippen LogP contribution in [0.1, 0.15) is 9.67 Å². The Balaban J connectivity index is 2.14. The van der Waals surface area contributed by atoms with Crippen LogP contribution in [0, 0.1) is 0 Å². The molecule has 0 atom stereocenters. The number of nitrogens with one attached hydrogen (secondary N) is 1.